The van der Waals surface area contributed by atoms with Crippen molar-refractivity contribution in [3.05, 3.63) is 0 Å². The lowest BCUT2D eigenvalue weighted by atomic mass is 9.68. The van der Waals surface area contributed by atoms with Crippen molar-refractivity contribution in [2.75, 3.05) is 0 Å². The maximum absolute atomic E-state index is 12.0. The summed E-state index contributed by atoms with van der Waals surface area (Å²) in [6, 6.07) is 0. The second kappa shape index (κ2) is 2.43. The first-order chi connectivity index (χ1) is 6.55. The topological polar surface area (TPSA) is 17.1 Å². The van der Waals surface area contributed by atoms with E-state index in [0.717, 1.165) is 12.3 Å². The number of rotatable bonds is 0. The molecule has 0 N–H and O–H groups in total. The van der Waals surface area contributed by atoms with Crippen LogP contribution in [0.3, 0.4) is 0 Å². The summed E-state index contributed by atoms with van der Waals surface area (Å²) in [5.41, 5.74) is 0.904. The monoisotopic (exact) mass is 192 g/mol. The van der Waals surface area contributed by atoms with Crippen molar-refractivity contribution < 1.29 is 4.79 Å². The number of hydrogen-bond donors (Lipinski definition) is 0. The van der Waals surface area contributed by atoms with Crippen LogP contribution in [-0.4, -0.2) is 5.78 Å². The molecule has 0 aromatic heterocycles. The van der Waals surface area contributed by atoms with Crippen LogP contribution < -0.4 is 0 Å². The zero-order valence-electron chi connectivity index (χ0n) is 9.31. The molecule has 14 heavy (non-hydrogen) atoms. The van der Waals surface area contributed by atoms with Crippen LogP contribution in [-0.2, 0) is 4.79 Å². The molecule has 1 heteroatoms. The Bertz CT molecular complexity index is 292. The molecule has 0 amide bonds. The van der Waals surface area contributed by atoms with E-state index in [4.69, 9.17) is 0 Å². The Kier molecular flexibility index (Phi) is 1.55. The van der Waals surface area contributed by atoms with Crippen LogP contribution in [0.5, 0.6) is 0 Å². The Labute approximate surface area is 86.3 Å². The highest BCUT2D eigenvalue weighted by molar-refractivity contribution is 5.84. The second-order valence-corrected chi connectivity index (χ2v) is 6.47. The Morgan fingerprint density at radius 1 is 1.29 bits per heavy atom. The highest BCUT2D eigenvalue weighted by Gasteiger charge is 2.62. The molecule has 3 atom stereocenters. The normalized spacial score (nSPS) is 49.4. The van der Waals surface area contributed by atoms with Crippen LogP contribution in [0, 0.1) is 22.7 Å². The third-order valence-corrected chi connectivity index (χ3v) is 5.24. The lowest BCUT2D eigenvalue weighted by Crippen LogP contribution is -2.35. The molecule has 1 nitrogen and oxygen atoms in total. The third kappa shape index (κ3) is 0.888. The third-order valence-electron chi connectivity index (χ3n) is 5.24. The number of carbonyl (C=O) groups excluding carboxylic acids is 1. The van der Waals surface area contributed by atoms with E-state index in [0.29, 0.717) is 22.5 Å². The molecule has 0 aliphatic heterocycles. The Morgan fingerprint density at radius 2 is 2.07 bits per heavy atom. The minimum Gasteiger partial charge on any atom is -0.299 e. The maximum Gasteiger partial charge on any atom is 0.136 e. The number of hydrogen-bond acceptors (Lipinski definition) is 1. The summed E-state index contributed by atoms with van der Waals surface area (Å²) in [5, 5.41) is 0. The zero-order chi connectivity index (χ0) is 9.97. The number of carbonyl (C=O) groups is 1. The second-order valence-electron chi connectivity index (χ2n) is 6.47. The van der Waals surface area contributed by atoms with Gasteiger partial charge in [0, 0.05) is 12.3 Å². The lowest BCUT2D eigenvalue weighted by Gasteiger charge is -2.35. The molecule has 0 radical (unpaired) electrons. The van der Waals surface area contributed by atoms with E-state index in [1.165, 1.54) is 32.1 Å². The molecule has 0 unspecified atom stereocenters. The Balaban J connectivity index is 2.07. The first-order valence-corrected chi connectivity index (χ1v) is 6.08. The molecular weight excluding hydrogens is 172 g/mol. The fourth-order valence-corrected chi connectivity index (χ4v) is 5.05. The Hall–Kier alpha value is -0.330. The van der Waals surface area contributed by atoms with Gasteiger partial charge in [0.25, 0.3) is 0 Å². The molecule has 0 saturated heterocycles. The van der Waals surface area contributed by atoms with Crippen LogP contribution in [0.2, 0.25) is 0 Å². The summed E-state index contributed by atoms with van der Waals surface area (Å²) in [5.74, 6) is 1.76. The highest BCUT2D eigenvalue weighted by atomic mass is 16.1. The van der Waals surface area contributed by atoms with Gasteiger partial charge >= 0.3 is 0 Å². The van der Waals surface area contributed by atoms with Crippen LogP contribution in [0.25, 0.3) is 0 Å². The number of Topliss-reactive ketones (excluding diaryl/α,β-unsaturated/α-hetero) is 1. The van der Waals surface area contributed by atoms with Gasteiger partial charge in [-0.25, -0.2) is 0 Å². The van der Waals surface area contributed by atoms with Crippen molar-refractivity contribution in [2.45, 2.75) is 52.4 Å². The lowest BCUT2D eigenvalue weighted by molar-refractivity contribution is -0.129. The summed E-state index contributed by atoms with van der Waals surface area (Å²) < 4.78 is 0. The molecule has 78 valence electrons. The van der Waals surface area contributed by atoms with Gasteiger partial charge in [0.05, 0.1) is 0 Å². The summed E-state index contributed by atoms with van der Waals surface area (Å²) in [6.07, 6.45) is 7.53. The summed E-state index contributed by atoms with van der Waals surface area (Å²) in [6.45, 7) is 4.64. The SMILES string of the molecule is CC1(C)C[C@@]23CCC[C@H]2[C@@H]1C(=O)CC3. The van der Waals surface area contributed by atoms with Gasteiger partial charge in [0.1, 0.15) is 5.78 Å². The standard InChI is InChI=1S/C13H20O/c1-12(2)8-13-6-3-4-9(13)11(12)10(14)5-7-13/h9,11H,3-8H2,1-2H3/t9-,11+,13-/m0/s1. The fourth-order valence-electron chi connectivity index (χ4n) is 5.05. The van der Waals surface area contributed by atoms with E-state index in [2.05, 4.69) is 13.8 Å². The molecule has 0 spiro atoms. The Morgan fingerprint density at radius 3 is 2.86 bits per heavy atom. The number of ketones is 1. The predicted octanol–water partition coefficient (Wildman–Crippen LogP) is 3.18. The first kappa shape index (κ1) is 8.94. The molecule has 2 bridgehead atoms. The van der Waals surface area contributed by atoms with Crippen LogP contribution in [0.1, 0.15) is 52.4 Å². The van der Waals surface area contributed by atoms with Crippen LogP contribution in [0.15, 0.2) is 0 Å². The van der Waals surface area contributed by atoms with Crippen molar-refractivity contribution in [1.82, 2.24) is 0 Å². The highest BCUT2D eigenvalue weighted by Crippen LogP contribution is 2.68. The molecular formula is C13H20O. The first-order valence-electron chi connectivity index (χ1n) is 6.08. The molecule has 0 heterocycles. The van der Waals surface area contributed by atoms with E-state index in [1.807, 2.05) is 0 Å². The molecule has 3 aliphatic carbocycles. The van der Waals surface area contributed by atoms with E-state index >= 15 is 0 Å². The van der Waals surface area contributed by atoms with Crippen molar-refractivity contribution in [3.8, 4) is 0 Å². The van der Waals surface area contributed by atoms with Crippen LogP contribution >= 0.6 is 0 Å². The molecule has 3 saturated carbocycles. The van der Waals surface area contributed by atoms with Crippen LogP contribution in [0.4, 0.5) is 0 Å². The van der Waals surface area contributed by atoms with E-state index in [9.17, 15) is 4.79 Å². The zero-order valence-corrected chi connectivity index (χ0v) is 9.31. The van der Waals surface area contributed by atoms with Crippen molar-refractivity contribution in [3.63, 3.8) is 0 Å². The predicted molar refractivity (Wildman–Crippen MR) is 55.9 cm³/mol. The molecule has 0 aromatic rings. The van der Waals surface area contributed by atoms with E-state index in [-0.39, 0.29) is 0 Å². The van der Waals surface area contributed by atoms with Gasteiger partial charge in [-0.15, -0.1) is 0 Å². The van der Waals surface area contributed by atoms with E-state index < -0.39 is 0 Å². The van der Waals surface area contributed by atoms with Crippen molar-refractivity contribution in [1.29, 1.82) is 0 Å². The van der Waals surface area contributed by atoms with Gasteiger partial charge in [-0.1, -0.05) is 20.3 Å². The minimum atomic E-state index is 0.304. The quantitative estimate of drug-likeness (QED) is 0.576. The summed E-state index contributed by atoms with van der Waals surface area (Å²) in [4.78, 5) is 12.0. The molecule has 3 fully saturated rings. The van der Waals surface area contributed by atoms with Crippen molar-refractivity contribution in [2.24, 2.45) is 22.7 Å². The fraction of sp³-hybridized carbons (Fsp3) is 0.923. The van der Waals surface area contributed by atoms with Gasteiger partial charge in [0.15, 0.2) is 0 Å². The average Bonchev–Trinajstić information content (AvgIpc) is 2.51. The van der Waals surface area contributed by atoms with Gasteiger partial charge in [0.2, 0.25) is 0 Å². The average molecular weight is 192 g/mol. The van der Waals surface area contributed by atoms with Gasteiger partial charge in [-0.3, -0.25) is 4.79 Å². The summed E-state index contributed by atoms with van der Waals surface area (Å²) in [7, 11) is 0. The van der Waals surface area contributed by atoms with Gasteiger partial charge in [-0.2, -0.15) is 0 Å². The molecule has 3 aliphatic rings. The largest absolute Gasteiger partial charge is 0.299 e. The van der Waals surface area contributed by atoms with Gasteiger partial charge in [-0.05, 0) is 42.4 Å². The summed E-state index contributed by atoms with van der Waals surface area (Å²) >= 11 is 0. The van der Waals surface area contributed by atoms with Gasteiger partial charge < -0.3 is 0 Å². The maximum atomic E-state index is 12.0. The minimum absolute atomic E-state index is 0.304. The molecule has 0 aromatic carbocycles. The molecule has 3 rings (SSSR count). The van der Waals surface area contributed by atoms with E-state index in [1.54, 1.807) is 0 Å². The smallest absolute Gasteiger partial charge is 0.136 e. The van der Waals surface area contributed by atoms with Crippen molar-refractivity contribution >= 4 is 5.78 Å².